The molecule has 0 spiro atoms. The van der Waals surface area contributed by atoms with Crippen LogP contribution in [0.15, 0.2) is 28.7 Å². The Morgan fingerprint density at radius 1 is 1.33 bits per heavy atom. The van der Waals surface area contributed by atoms with Crippen molar-refractivity contribution in [3.05, 3.63) is 35.6 Å². The minimum absolute atomic E-state index is 0.184. The third-order valence-electron chi connectivity index (χ3n) is 2.79. The molecule has 1 unspecified atom stereocenters. The highest BCUT2D eigenvalue weighted by Gasteiger charge is 2.29. The lowest BCUT2D eigenvalue weighted by atomic mass is 10.1. The summed E-state index contributed by atoms with van der Waals surface area (Å²) in [6, 6.07) is 7.06. The largest absolute Gasteiger partial charge is 0.458 e. The van der Waals surface area contributed by atoms with E-state index in [4.69, 9.17) is 4.42 Å². The molecule has 1 aromatic carbocycles. The number of aliphatic hydroxyl groups is 1. The predicted octanol–water partition coefficient (Wildman–Crippen LogP) is 4.12. The van der Waals surface area contributed by atoms with Crippen molar-refractivity contribution in [3.63, 3.8) is 0 Å². The summed E-state index contributed by atoms with van der Waals surface area (Å²) >= 11 is 0. The molecule has 2 rings (SSSR count). The first-order chi connectivity index (χ1) is 8.37. The molecule has 98 valence electrons. The van der Waals surface area contributed by atoms with E-state index in [9.17, 15) is 18.3 Å². The summed E-state index contributed by atoms with van der Waals surface area (Å²) in [4.78, 5) is 0. The number of fused-ring (bicyclic) bond motifs is 1. The van der Waals surface area contributed by atoms with Crippen molar-refractivity contribution >= 4 is 11.0 Å². The zero-order valence-electron chi connectivity index (χ0n) is 9.79. The second-order valence-corrected chi connectivity index (χ2v) is 4.31. The number of aliphatic hydroxyl groups excluding tert-OH is 1. The first kappa shape index (κ1) is 13.0. The van der Waals surface area contributed by atoms with Crippen molar-refractivity contribution < 1.29 is 22.7 Å². The Morgan fingerprint density at radius 2 is 2.06 bits per heavy atom. The Hall–Kier alpha value is -1.49. The SMILES string of the molecule is Cc1cccc2cc(C(O)CCC(F)(F)F)oc12. The molecular formula is C13H13F3O2. The third kappa shape index (κ3) is 2.85. The van der Waals surface area contributed by atoms with E-state index in [1.807, 2.05) is 19.1 Å². The minimum Gasteiger partial charge on any atom is -0.458 e. The minimum atomic E-state index is -4.26. The Labute approximate surface area is 102 Å². The van der Waals surface area contributed by atoms with Crippen LogP contribution in [0, 0.1) is 6.92 Å². The van der Waals surface area contributed by atoms with Gasteiger partial charge in [0.2, 0.25) is 0 Å². The molecule has 0 amide bonds. The first-order valence-corrected chi connectivity index (χ1v) is 5.61. The molecule has 2 aromatic rings. The van der Waals surface area contributed by atoms with Crippen LogP contribution in [0.2, 0.25) is 0 Å². The van der Waals surface area contributed by atoms with Gasteiger partial charge in [-0.2, -0.15) is 13.2 Å². The third-order valence-corrected chi connectivity index (χ3v) is 2.79. The van der Waals surface area contributed by atoms with Crippen LogP contribution in [0.4, 0.5) is 13.2 Å². The maximum absolute atomic E-state index is 12.1. The number of furan rings is 1. The van der Waals surface area contributed by atoms with Crippen molar-refractivity contribution in [1.29, 1.82) is 0 Å². The second kappa shape index (κ2) is 4.65. The second-order valence-electron chi connectivity index (χ2n) is 4.31. The summed E-state index contributed by atoms with van der Waals surface area (Å²) in [6.07, 6.45) is -6.89. The Balaban J connectivity index is 2.18. The molecule has 1 atom stereocenters. The van der Waals surface area contributed by atoms with Gasteiger partial charge in [-0.1, -0.05) is 18.2 Å². The molecule has 1 aromatic heterocycles. The molecule has 1 N–H and O–H groups in total. The van der Waals surface area contributed by atoms with Gasteiger partial charge in [0.15, 0.2) is 0 Å². The van der Waals surface area contributed by atoms with E-state index in [0.717, 1.165) is 10.9 Å². The van der Waals surface area contributed by atoms with Gasteiger partial charge in [0.1, 0.15) is 17.4 Å². The van der Waals surface area contributed by atoms with Crippen molar-refractivity contribution in [1.82, 2.24) is 0 Å². The number of alkyl halides is 3. The number of hydrogen-bond donors (Lipinski definition) is 1. The van der Waals surface area contributed by atoms with Crippen LogP contribution in [0.1, 0.15) is 30.3 Å². The first-order valence-electron chi connectivity index (χ1n) is 5.61. The van der Waals surface area contributed by atoms with Gasteiger partial charge in [-0.15, -0.1) is 0 Å². The Morgan fingerprint density at radius 3 is 2.67 bits per heavy atom. The molecule has 5 heteroatoms. The summed E-state index contributed by atoms with van der Waals surface area (Å²) in [5.74, 6) is 0.184. The Bertz CT molecular complexity index is 543. The average molecular weight is 258 g/mol. The number of rotatable bonds is 3. The van der Waals surface area contributed by atoms with Gasteiger partial charge in [-0.25, -0.2) is 0 Å². The fraction of sp³-hybridized carbons (Fsp3) is 0.385. The van der Waals surface area contributed by atoms with Crippen LogP contribution in [-0.4, -0.2) is 11.3 Å². The maximum Gasteiger partial charge on any atom is 0.389 e. The number of hydrogen-bond acceptors (Lipinski definition) is 2. The summed E-state index contributed by atoms with van der Waals surface area (Å²) in [6.45, 7) is 1.84. The lowest BCUT2D eigenvalue weighted by Crippen LogP contribution is -2.09. The molecule has 2 nitrogen and oxygen atoms in total. The van der Waals surface area contributed by atoms with Gasteiger partial charge in [0.25, 0.3) is 0 Å². The van der Waals surface area contributed by atoms with Crippen molar-refractivity contribution in [2.75, 3.05) is 0 Å². The van der Waals surface area contributed by atoms with E-state index in [0.29, 0.717) is 5.58 Å². The predicted molar refractivity (Wildman–Crippen MR) is 61.2 cm³/mol. The molecule has 0 saturated carbocycles. The fourth-order valence-electron chi connectivity index (χ4n) is 1.84. The van der Waals surface area contributed by atoms with Gasteiger partial charge in [0.05, 0.1) is 0 Å². The van der Waals surface area contributed by atoms with Gasteiger partial charge < -0.3 is 9.52 Å². The van der Waals surface area contributed by atoms with Crippen molar-refractivity contribution in [3.8, 4) is 0 Å². The lowest BCUT2D eigenvalue weighted by Gasteiger charge is -2.09. The number of para-hydroxylation sites is 1. The molecule has 0 radical (unpaired) electrons. The van der Waals surface area contributed by atoms with Gasteiger partial charge in [-0.05, 0) is 25.0 Å². The molecule has 18 heavy (non-hydrogen) atoms. The molecular weight excluding hydrogens is 245 g/mol. The summed E-state index contributed by atoms with van der Waals surface area (Å²) in [5, 5.41) is 10.5. The van der Waals surface area contributed by atoms with Crippen molar-refractivity contribution in [2.45, 2.75) is 32.0 Å². The number of benzene rings is 1. The topological polar surface area (TPSA) is 33.4 Å². The zero-order valence-corrected chi connectivity index (χ0v) is 9.79. The number of aryl methyl sites for hydroxylation is 1. The molecule has 1 heterocycles. The highest BCUT2D eigenvalue weighted by Crippen LogP contribution is 2.31. The van der Waals surface area contributed by atoms with Crippen LogP contribution in [0.5, 0.6) is 0 Å². The van der Waals surface area contributed by atoms with Crippen molar-refractivity contribution in [2.24, 2.45) is 0 Å². The number of halogens is 3. The summed E-state index contributed by atoms with van der Waals surface area (Å²) < 4.78 is 41.6. The Kier molecular flexibility index (Phi) is 3.34. The van der Waals surface area contributed by atoms with E-state index >= 15 is 0 Å². The molecule has 0 bridgehead atoms. The lowest BCUT2D eigenvalue weighted by molar-refractivity contribution is -0.140. The smallest absolute Gasteiger partial charge is 0.389 e. The monoisotopic (exact) mass is 258 g/mol. The normalized spacial score (nSPS) is 14.1. The van der Waals surface area contributed by atoms with Crippen LogP contribution in [0.3, 0.4) is 0 Å². The maximum atomic E-state index is 12.1. The highest BCUT2D eigenvalue weighted by atomic mass is 19.4. The molecule has 0 aliphatic heterocycles. The van der Waals surface area contributed by atoms with Crippen LogP contribution >= 0.6 is 0 Å². The van der Waals surface area contributed by atoms with E-state index in [1.165, 1.54) is 0 Å². The highest BCUT2D eigenvalue weighted by molar-refractivity contribution is 5.80. The van der Waals surface area contributed by atoms with Crippen LogP contribution < -0.4 is 0 Å². The standard InChI is InChI=1S/C13H13F3O2/c1-8-3-2-4-9-7-11(18-12(8)9)10(17)5-6-13(14,15)16/h2-4,7,10,17H,5-6H2,1H3. The van der Waals surface area contributed by atoms with Gasteiger partial charge >= 0.3 is 6.18 Å². The van der Waals surface area contributed by atoms with Crippen LogP contribution in [-0.2, 0) is 0 Å². The van der Waals surface area contributed by atoms with E-state index in [2.05, 4.69) is 0 Å². The fourth-order valence-corrected chi connectivity index (χ4v) is 1.84. The quantitative estimate of drug-likeness (QED) is 0.898. The van der Waals surface area contributed by atoms with E-state index in [-0.39, 0.29) is 12.2 Å². The zero-order chi connectivity index (χ0) is 13.3. The summed E-state index contributed by atoms with van der Waals surface area (Å²) in [5.41, 5.74) is 1.50. The van der Waals surface area contributed by atoms with Crippen LogP contribution in [0.25, 0.3) is 11.0 Å². The average Bonchev–Trinajstić information content (AvgIpc) is 2.70. The molecule has 0 saturated heterocycles. The molecule has 0 fully saturated rings. The van der Waals surface area contributed by atoms with Gasteiger partial charge in [-0.3, -0.25) is 0 Å². The van der Waals surface area contributed by atoms with E-state index < -0.39 is 18.7 Å². The van der Waals surface area contributed by atoms with Gasteiger partial charge in [0, 0.05) is 11.8 Å². The molecule has 0 aliphatic carbocycles. The molecule has 0 aliphatic rings. The van der Waals surface area contributed by atoms with E-state index in [1.54, 1.807) is 12.1 Å². The summed E-state index contributed by atoms with van der Waals surface area (Å²) in [7, 11) is 0.